The molecule has 1 aromatic carbocycles. The molecule has 0 saturated carbocycles. The first kappa shape index (κ1) is 20.6. The number of aromatic nitrogens is 2. The number of benzene rings is 1. The molecule has 5 nitrogen and oxygen atoms in total. The Bertz CT molecular complexity index is 1230. The van der Waals surface area contributed by atoms with Crippen molar-refractivity contribution in [2.24, 2.45) is 0 Å². The van der Waals surface area contributed by atoms with Crippen molar-refractivity contribution in [2.75, 3.05) is 26.2 Å². The number of fused-ring (bicyclic) bond motifs is 1. The van der Waals surface area contributed by atoms with E-state index in [9.17, 15) is 4.79 Å². The molecule has 5 rings (SSSR count). The van der Waals surface area contributed by atoms with Gasteiger partial charge in [0.25, 0.3) is 5.56 Å². The van der Waals surface area contributed by atoms with E-state index in [1.165, 1.54) is 10.4 Å². The van der Waals surface area contributed by atoms with Gasteiger partial charge in [0.2, 0.25) is 0 Å². The van der Waals surface area contributed by atoms with E-state index in [0.29, 0.717) is 6.54 Å². The number of piperazine rings is 1. The van der Waals surface area contributed by atoms with Gasteiger partial charge in [-0.15, -0.1) is 22.7 Å². The summed E-state index contributed by atoms with van der Waals surface area (Å²) < 4.78 is 0. The molecular weight excluding hydrogens is 424 g/mol. The highest BCUT2D eigenvalue weighted by atomic mass is 32.1. The topological polar surface area (TPSA) is 52.2 Å². The van der Waals surface area contributed by atoms with E-state index in [0.717, 1.165) is 64.8 Å². The van der Waals surface area contributed by atoms with Crippen LogP contribution in [-0.4, -0.2) is 45.9 Å². The Balaban J connectivity index is 1.33. The van der Waals surface area contributed by atoms with Crippen molar-refractivity contribution >= 4 is 32.9 Å². The van der Waals surface area contributed by atoms with E-state index in [-0.39, 0.29) is 5.56 Å². The predicted octanol–water partition coefficient (Wildman–Crippen LogP) is 4.65. The number of hydrogen-bond acceptors (Lipinski definition) is 6. The number of rotatable bonds is 5. The van der Waals surface area contributed by atoms with Crippen LogP contribution in [0.2, 0.25) is 0 Å². The van der Waals surface area contributed by atoms with E-state index in [2.05, 4.69) is 70.4 Å². The zero-order chi connectivity index (χ0) is 21.4. The molecular formula is C24H26N4OS2. The Kier molecular flexibility index (Phi) is 5.75. The van der Waals surface area contributed by atoms with Gasteiger partial charge in [-0.05, 0) is 30.9 Å². The van der Waals surface area contributed by atoms with Gasteiger partial charge < -0.3 is 4.98 Å². The van der Waals surface area contributed by atoms with Crippen LogP contribution in [0.25, 0.3) is 21.3 Å². The molecule has 0 bridgehead atoms. The van der Waals surface area contributed by atoms with Gasteiger partial charge in [-0.2, -0.15) is 0 Å². The summed E-state index contributed by atoms with van der Waals surface area (Å²) in [6.45, 7) is 9.94. The van der Waals surface area contributed by atoms with Crippen molar-refractivity contribution in [3.63, 3.8) is 0 Å². The third-order valence-corrected chi connectivity index (χ3v) is 7.79. The number of aryl methyl sites for hydroxylation is 2. The molecule has 4 heterocycles. The molecule has 31 heavy (non-hydrogen) atoms. The van der Waals surface area contributed by atoms with Gasteiger partial charge >= 0.3 is 0 Å². The van der Waals surface area contributed by atoms with Crippen molar-refractivity contribution < 1.29 is 0 Å². The van der Waals surface area contributed by atoms with E-state index < -0.39 is 0 Å². The molecule has 4 aromatic rings. The lowest BCUT2D eigenvalue weighted by Crippen LogP contribution is -2.45. The number of H-pyrrole nitrogens is 1. The lowest BCUT2D eigenvalue weighted by atomic mass is 10.0. The van der Waals surface area contributed by atoms with Crippen molar-refractivity contribution in [3.8, 4) is 11.1 Å². The third kappa shape index (κ3) is 4.36. The smallest absolute Gasteiger partial charge is 0.260 e. The first-order valence-electron chi connectivity index (χ1n) is 10.6. The maximum atomic E-state index is 13.0. The third-order valence-electron chi connectivity index (χ3n) is 5.93. The lowest BCUT2D eigenvalue weighted by Gasteiger charge is -2.34. The summed E-state index contributed by atoms with van der Waals surface area (Å²) in [5.41, 5.74) is 3.28. The fourth-order valence-electron chi connectivity index (χ4n) is 4.25. The van der Waals surface area contributed by atoms with E-state index in [1.807, 2.05) is 11.3 Å². The van der Waals surface area contributed by atoms with Gasteiger partial charge in [0.05, 0.1) is 11.9 Å². The molecule has 160 valence electrons. The number of nitrogens with zero attached hydrogens (tertiary/aromatic N) is 3. The van der Waals surface area contributed by atoms with Crippen molar-refractivity contribution in [1.29, 1.82) is 0 Å². The molecule has 0 radical (unpaired) electrons. The number of thiophene rings is 2. The number of nitrogens with one attached hydrogen (secondary N) is 1. The van der Waals surface area contributed by atoms with Gasteiger partial charge in [-0.3, -0.25) is 14.6 Å². The summed E-state index contributed by atoms with van der Waals surface area (Å²) in [7, 11) is 0. The van der Waals surface area contributed by atoms with Gasteiger partial charge in [0, 0.05) is 48.0 Å². The van der Waals surface area contributed by atoms with Crippen molar-refractivity contribution in [2.45, 2.75) is 26.9 Å². The van der Waals surface area contributed by atoms with Gasteiger partial charge in [-0.1, -0.05) is 35.9 Å². The molecule has 0 atom stereocenters. The van der Waals surface area contributed by atoms with Crippen molar-refractivity contribution in [1.82, 2.24) is 19.8 Å². The molecule has 0 aliphatic carbocycles. The largest absolute Gasteiger partial charge is 0.309 e. The molecule has 0 amide bonds. The van der Waals surface area contributed by atoms with Crippen LogP contribution in [-0.2, 0) is 13.1 Å². The summed E-state index contributed by atoms with van der Waals surface area (Å²) in [5, 5.41) is 2.86. The zero-order valence-corrected chi connectivity index (χ0v) is 19.5. The Hall–Kier alpha value is -2.32. The Morgan fingerprint density at radius 1 is 1.00 bits per heavy atom. The molecule has 1 fully saturated rings. The summed E-state index contributed by atoms with van der Waals surface area (Å²) in [4.78, 5) is 29.2. The Morgan fingerprint density at radius 3 is 2.39 bits per heavy atom. The van der Waals surface area contributed by atoms with Crippen LogP contribution >= 0.6 is 22.7 Å². The summed E-state index contributed by atoms with van der Waals surface area (Å²) in [6, 6.07) is 12.7. The van der Waals surface area contributed by atoms with Crippen LogP contribution in [0.5, 0.6) is 0 Å². The van der Waals surface area contributed by atoms with E-state index >= 15 is 0 Å². The fraction of sp³-hybridized carbons (Fsp3) is 0.333. The second-order valence-electron chi connectivity index (χ2n) is 8.22. The minimum atomic E-state index is -0.0312. The highest BCUT2D eigenvalue weighted by molar-refractivity contribution is 7.19. The lowest BCUT2D eigenvalue weighted by molar-refractivity contribution is 0.120. The van der Waals surface area contributed by atoms with E-state index in [4.69, 9.17) is 4.98 Å². The maximum Gasteiger partial charge on any atom is 0.260 e. The van der Waals surface area contributed by atoms with Crippen LogP contribution in [0.1, 0.15) is 21.1 Å². The number of hydrogen-bond donors (Lipinski definition) is 1. The normalized spacial score (nSPS) is 15.7. The highest BCUT2D eigenvalue weighted by Crippen LogP contribution is 2.35. The van der Waals surface area contributed by atoms with Crippen LogP contribution in [0, 0.1) is 13.8 Å². The second-order valence-corrected chi connectivity index (χ2v) is 10.5. The highest BCUT2D eigenvalue weighted by Gasteiger charge is 2.20. The van der Waals surface area contributed by atoms with Gasteiger partial charge in [-0.25, -0.2) is 4.98 Å². The van der Waals surface area contributed by atoms with E-state index in [1.54, 1.807) is 11.3 Å². The molecule has 0 spiro atoms. The van der Waals surface area contributed by atoms with Crippen LogP contribution in [0.15, 0.2) is 46.6 Å². The summed E-state index contributed by atoms with van der Waals surface area (Å²) in [6.07, 6.45) is 0. The van der Waals surface area contributed by atoms with Crippen LogP contribution in [0.3, 0.4) is 0 Å². The Labute approximate surface area is 190 Å². The van der Waals surface area contributed by atoms with Gasteiger partial charge in [0.1, 0.15) is 10.7 Å². The van der Waals surface area contributed by atoms with Crippen LogP contribution < -0.4 is 5.56 Å². The monoisotopic (exact) mass is 450 g/mol. The average molecular weight is 451 g/mol. The van der Waals surface area contributed by atoms with Crippen molar-refractivity contribution in [3.05, 3.63) is 73.3 Å². The summed E-state index contributed by atoms with van der Waals surface area (Å²) in [5.74, 6) is 0.765. The maximum absolute atomic E-state index is 13.0. The molecule has 7 heteroatoms. The predicted molar refractivity (Wildman–Crippen MR) is 130 cm³/mol. The molecule has 1 aliphatic heterocycles. The SMILES string of the molecule is Cc1ccc(-c2c(C)sc3nc(CN4CCN(Cc5cccs5)CC4)[nH]c(=O)c23)cc1. The van der Waals surface area contributed by atoms with Crippen LogP contribution in [0.4, 0.5) is 0 Å². The molecule has 1 saturated heterocycles. The first-order chi connectivity index (χ1) is 15.1. The zero-order valence-electron chi connectivity index (χ0n) is 17.9. The average Bonchev–Trinajstić information content (AvgIpc) is 3.37. The molecule has 3 aromatic heterocycles. The second kappa shape index (κ2) is 8.67. The minimum absolute atomic E-state index is 0.0312. The summed E-state index contributed by atoms with van der Waals surface area (Å²) >= 11 is 3.43. The first-order valence-corrected chi connectivity index (χ1v) is 12.3. The quantitative estimate of drug-likeness (QED) is 0.481. The van der Waals surface area contributed by atoms with Gasteiger partial charge in [0.15, 0.2) is 0 Å². The number of aromatic amines is 1. The minimum Gasteiger partial charge on any atom is -0.309 e. The standard InChI is InChI=1S/C24H26N4OS2/c1-16-5-7-18(8-6-16)21-17(2)31-24-22(21)23(29)25-20(26-24)15-28-11-9-27(10-12-28)14-19-4-3-13-30-19/h3-8,13H,9-12,14-15H2,1-2H3,(H,25,26,29). The fourth-order valence-corrected chi connectivity index (χ4v) is 6.06. The molecule has 1 aliphatic rings. The molecule has 1 N–H and O–H groups in total. The Morgan fingerprint density at radius 2 is 1.71 bits per heavy atom. The molecule has 0 unspecified atom stereocenters.